The molecule has 0 bridgehead atoms. The molecule has 0 amide bonds. The Morgan fingerprint density at radius 2 is 2.04 bits per heavy atom. The lowest BCUT2D eigenvalue weighted by Gasteiger charge is -2.20. The first-order valence-electron chi connectivity index (χ1n) is 9.63. The Morgan fingerprint density at radius 3 is 2.74 bits per heavy atom. The van der Waals surface area contributed by atoms with Crippen molar-refractivity contribution in [1.82, 2.24) is 14.8 Å². The van der Waals surface area contributed by atoms with Crippen LogP contribution in [0.1, 0.15) is 38.5 Å². The van der Waals surface area contributed by atoms with Crippen LogP contribution in [0.5, 0.6) is 5.75 Å². The molecule has 1 saturated heterocycles. The average Bonchev–Trinajstić information content (AvgIpc) is 3.35. The summed E-state index contributed by atoms with van der Waals surface area (Å²) in [4.78, 5) is 12.3. The minimum absolute atomic E-state index is 0.00471. The van der Waals surface area contributed by atoms with Crippen LogP contribution in [-0.4, -0.2) is 45.6 Å². The SMILES string of the molecule is COc1ccc(-c2nnc(S[C@H]3CCCCC3=O)n2C[C@@H]2CCCO2)cc1. The van der Waals surface area contributed by atoms with Gasteiger partial charge in [-0.1, -0.05) is 18.2 Å². The summed E-state index contributed by atoms with van der Waals surface area (Å²) >= 11 is 1.57. The molecule has 6 nitrogen and oxygen atoms in total. The van der Waals surface area contributed by atoms with Crippen LogP contribution in [0.2, 0.25) is 0 Å². The van der Waals surface area contributed by atoms with Gasteiger partial charge < -0.3 is 9.47 Å². The van der Waals surface area contributed by atoms with Crippen molar-refractivity contribution in [3.63, 3.8) is 0 Å². The molecule has 1 aromatic carbocycles. The van der Waals surface area contributed by atoms with E-state index in [9.17, 15) is 4.79 Å². The van der Waals surface area contributed by atoms with Crippen LogP contribution in [0.15, 0.2) is 29.4 Å². The zero-order chi connectivity index (χ0) is 18.6. The molecule has 2 fully saturated rings. The minimum Gasteiger partial charge on any atom is -0.497 e. The molecule has 0 spiro atoms. The Morgan fingerprint density at radius 1 is 1.19 bits per heavy atom. The molecule has 7 heteroatoms. The lowest BCUT2D eigenvalue weighted by molar-refractivity contribution is -0.119. The van der Waals surface area contributed by atoms with Crippen LogP contribution in [0.3, 0.4) is 0 Å². The van der Waals surface area contributed by atoms with Crippen LogP contribution >= 0.6 is 11.8 Å². The Bertz CT molecular complexity index is 784. The van der Waals surface area contributed by atoms with Crippen molar-refractivity contribution in [2.24, 2.45) is 0 Å². The Balaban J connectivity index is 1.63. The number of ketones is 1. The number of carbonyl (C=O) groups excluding carboxylic acids is 1. The molecule has 2 atom stereocenters. The molecule has 1 saturated carbocycles. The number of Topliss-reactive ketones (excluding diaryl/α,β-unsaturated/α-hetero) is 1. The second-order valence-corrected chi connectivity index (χ2v) is 8.27. The number of hydrogen-bond acceptors (Lipinski definition) is 6. The largest absolute Gasteiger partial charge is 0.497 e. The quantitative estimate of drug-likeness (QED) is 0.752. The number of thioether (sulfide) groups is 1. The zero-order valence-corrected chi connectivity index (χ0v) is 16.4. The van der Waals surface area contributed by atoms with E-state index in [-0.39, 0.29) is 11.4 Å². The second-order valence-electron chi connectivity index (χ2n) is 7.10. The summed E-state index contributed by atoms with van der Waals surface area (Å²) in [5, 5.41) is 9.71. The number of nitrogens with zero attached hydrogens (tertiary/aromatic N) is 3. The third-order valence-electron chi connectivity index (χ3n) is 5.22. The van der Waals surface area contributed by atoms with Crippen molar-refractivity contribution in [2.45, 2.75) is 61.6 Å². The predicted octanol–water partition coefficient (Wildman–Crippen LogP) is 3.74. The molecule has 1 aromatic heterocycles. The van der Waals surface area contributed by atoms with Crippen molar-refractivity contribution >= 4 is 17.5 Å². The normalized spacial score (nSPS) is 22.9. The summed E-state index contributed by atoms with van der Waals surface area (Å²) < 4.78 is 13.2. The highest BCUT2D eigenvalue weighted by atomic mass is 32.2. The third kappa shape index (κ3) is 4.19. The zero-order valence-electron chi connectivity index (χ0n) is 15.6. The Hall–Kier alpha value is -1.86. The number of aromatic nitrogens is 3. The second kappa shape index (κ2) is 8.44. The van der Waals surface area contributed by atoms with E-state index >= 15 is 0 Å². The number of hydrogen-bond donors (Lipinski definition) is 0. The van der Waals surface area contributed by atoms with E-state index in [2.05, 4.69) is 14.8 Å². The maximum absolute atomic E-state index is 12.3. The molecular weight excluding hydrogens is 362 g/mol. The van der Waals surface area contributed by atoms with Gasteiger partial charge in [0, 0.05) is 18.6 Å². The van der Waals surface area contributed by atoms with Crippen molar-refractivity contribution in [3.8, 4) is 17.1 Å². The highest BCUT2D eigenvalue weighted by Crippen LogP contribution is 2.33. The molecule has 2 heterocycles. The minimum atomic E-state index is -0.00471. The van der Waals surface area contributed by atoms with Gasteiger partial charge >= 0.3 is 0 Å². The van der Waals surface area contributed by atoms with E-state index in [4.69, 9.17) is 9.47 Å². The van der Waals surface area contributed by atoms with Crippen molar-refractivity contribution in [3.05, 3.63) is 24.3 Å². The van der Waals surface area contributed by atoms with Gasteiger partial charge in [-0.3, -0.25) is 9.36 Å². The first-order valence-corrected chi connectivity index (χ1v) is 10.5. The average molecular weight is 388 g/mol. The van der Waals surface area contributed by atoms with Crippen LogP contribution in [0, 0.1) is 0 Å². The van der Waals surface area contributed by atoms with Gasteiger partial charge in [0.25, 0.3) is 0 Å². The third-order valence-corrected chi connectivity index (χ3v) is 6.52. The summed E-state index contributed by atoms with van der Waals surface area (Å²) in [5.74, 6) is 1.97. The van der Waals surface area contributed by atoms with Crippen molar-refractivity contribution in [2.75, 3.05) is 13.7 Å². The fourth-order valence-corrected chi connectivity index (χ4v) is 4.85. The van der Waals surface area contributed by atoms with Gasteiger partial charge in [-0.2, -0.15) is 0 Å². The molecule has 0 N–H and O–H groups in total. The lowest BCUT2D eigenvalue weighted by Crippen LogP contribution is -2.23. The first-order chi connectivity index (χ1) is 13.2. The summed E-state index contributed by atoms with van der Waals surface area (Å²) in [7, 11) is 1.66. The summed E-state index contributed by atoms with van der Waals surface area (Å²) in [6.07, 6.45) is 6.04. The highest BCUT2D eigenvalue weighted by Gasteiger charge is 2.28. The van der Waals surface area contributed by atoms with E-state index in [0.717, 1.165) is 67.5 Å². The van der Waals surface area contributed by atoms with E-state index in [0.29, 0.717) is 12.2 Å². The van der Waals surface area contributed by atoms with Gasteiger partial charge in [0.15, 0.2) is 11.0 Å². The number of benzene rings is 1. The summed E-state index contributed by atoms with van der Waals surface area (Å²) in [5.41, 5.74) is 0.989. The number of methoxy groups -OCH3 is 1. The van der Waals surface area contributed by atoms with Gasteiger partial charge in [0.1, 0.15) is 11.5 Å². The number of ether oxygens (including phenoxy) is 2. The summed E-state index contributed by atoms with van der Waals surface area (Å²) in [6, 6.07) is 7.85. The molecule has 2 aliphatic rings. The molecule has 1 aliphatic heterocycles. The molecule has 0 unspecified atom stereocenters. The van der Waals surface area contributed by atoms with Gasteiger partial charge in [-0.25, -0.2) is 0 Å². The summed E-state index contributed by atoms with van der Waals surface area (Å²) in [6.45, 7) is 1.53. The maximum atomic E-state index is 12.3. The van der Waals surface area contributed by atoms with Gasteiger partial charge in [-0.05, 0) is 49.9 Å². The van der Waals surface area contributed by atoms with Crippen LogP contribution < -0.4 is 4.74 Å². The van der Waals surface area contributed by atoms with E-state index in [1.54, 1.807) is 18.9 Å². The first kappa shape index (κ1) is 18.5. The van der Waals surface area contributed by atoms with E-state index in [1.165, 1.54) is 0 Å². The molecular formula is C20H25N3O3S. The van der Waals surface area contributed by atoms with Crippen LogP contribution in [0.25, 0.3) is 11.4 Å². The monoisotopic (exact) mass is 387 g/mol. The van der Waals surface area contributed by atoms with Gasteiger partial charge in [0.05, 0.1) is 25.0 Å². The van der Waals surface area contributed by atoms with Gasteiger partial charge in [0.2, 0.25) is 0 Å². The molecule has 4 rings (SSSR count). The Labute approximate surface area is 163 Å². The molecule has 2 aromatic rings. The molecule has 0 radical (unpaired) electrons. The lowest BCUT2D eigenvalue weighted by atomic mass is 9.99. The topological polar surface area (TPSA) is 66.2 Å². The van der Waals surface area contributed by atoms with Crippen LogP contribution in [0.4, 0.5) is 0 Å². The number of rotatable bonds is 6. The fourth-order valence-electron chi connectivity index (χ4n) is 3.69. The fraction of sp³-hybridized carbons (Fsp3) is 0.550. The van der Waals surface area contributed by atoms with Crippen molar-refractivity contribution in [1.29, 1.82) is 0 Å². The molecule has 144 valence electrons. The highest BCUT2D eigenvalue weighted by molar-refractivity contribution is 8.00. The van der Waals surface area contributed by atoms with Crippen LogP contribution in [-0.2, 0) is 16.1 Å². The maximum Gasteiger partial charge on any atom is 0.192 e. The van der Waals surface area contributed by atoms with Crippen molar-refractivity contribution < 1.29 is 14.3 Å². The molecule has 1 aliphatic carbocycles. The van der Waals surface area contributed by atoms with Gasteiger partial charge in [-0.15, -0.1) is 10.2 Å². The molecule has 27 heavy (non-hydrogen) atoms. The van der Waals surface area contributed by atoms with E-state index < -0.39 is 0 Å². The standard InChI is InChI=1S/C20H25N3O3S/c1-25-15-10-8-14(9-11-15)19-21-22-20(23(19)13-16-5-4-12-26-16)27-18-7-3-2-6-17(18)24/h8-11,16,18H,2-7,12-13H2,1H3/t16-,18-/m0/s1. The van der Waals surface area contributed by atoms with E-state index in [1.807, 2.05) is 24.3 Å². The Kier molecular flexibility index (Phi) is 5.78. The predicted molar refractivity (Wildman–Crippen MR) is 104 cm³/mol. The number of carbonyl (C=O) groups is 1. The smallest absolute Gasteiger partial charge is 0.192 e.